The molecule has 0 unspecified atom stereocenters. The summed E-state index contributed by atoms with van der Waals surface area (Å²) < 4.78 is 1.76. The van der Waals surface area contributed by atoms with Gasteiger partial charge in [0.15, 0.2) is 0 Å². The summed E-state index contributed by atoms with van der Waals surface area (Å²) in [4.78, 5) is 13.0. The third kappa shape index (κ3) is 2.65. The molecule has 6 heteroatoms. The fourth-order valence-electron chi connectivity index (χ4n) is 1.80. The molecule has 1 aromatic heterocycles. The second kappa shape index (κ2) is 5.14. The molecule has 18 heavy (non-hydrogen) atoms. The minimum Gasteiger partial charge on any atom is -0.478 e. The molecule has 2 aromatic rings. The Morgan fingerprint density at radius 3 is 2.89 bits per heavy atom. The van der Waals surface area contributed by atoms with Crippen LogP contribution in [-0.4, -0.2) is 51.6 Å². The third-order valence-electron chi connectivity index (χ3n) is 2.74. The Hall–Kier alpha value is -1.95. The van der Waals surface area contributed by atoms with Gasteiger partial charge >= 0.3 is 5.97 Å². The van der Waals surface area contributed by atoms with E-state index in [1.807, 2.05) is 14.1 Å². The second-order valence-electron chi connectivity index (χ2n) is 4.48. The minimum atomic E-state index is -0.932. The number of nitrogens with zero attached hydrogens (tertiary/aromatic N) is 4. The van der Waals surface area contributed by atoms with Crippen molar-refractivity contribution >= 4 is 17.0 Å². The van der Waals surface area contributed by atoms with Crippen LogP contribution in [-0.2, 0) is 6.54 Å². The first-order valence-corrected chi connectivity index (χ1v) is 5.79. The Morgan fingerprint density at radius 1 is 1.44 bits per heavy atom. The van der Waals surface area contributed by atoms with E-state index in [1.54, 1.807) is 22.9 Å². The van der Waals surface area contributed by atoms with E-state index in [0.717, 1.165) is 30.5 Å². The Balaban J connectivity index is 2.22. The Kier molecular flexibility index (Phi) is 3.57. The van der Waals surface area contributed by atoms with E-state index in [9.17, 15) is 4.79 Å². The van der Waals surface area contributed by atoms with Crippen molar-refractivity contribution in [3.8, 4) is 0 Å². The molecule has 0 atom stereocenters. The molecule has 2 rings (SSSR count). The smallest absolute Gasteiger partial charge is 0.335 e. The number of fused-ring (bicyclic) bond motifs is 1. The average Bonchev–Trinajstić information content (AvgIpc) is 2.71. The SMILES string of the molecule is CN(C)CCCn1nnc2ccc(C(=O)O)cc21. The highest BCUT2D eigenvalue weighted by Gasteiger charge is 2.09. The first-order valence-electron chi connectivity index (χ1n) is 5.79. The molecule has 0 aliphatic heterocycles. The molecule has 1 aromatic carbocycles. The van der Waals surface area contributed by atoms with Gasteiger partial charge in [0, 0.05) is 6.54 Å². The van der Waals surface area contributed by atoms with Crippen LogP contribution in [0.3, 0.4) is 0 Å². The van der Waals surface area contributed by atoms with Crippen molar-refractivity contribution in [1.29, 1.82) is 0 Å². The molecule has 0 saturated heterocycles. The van der Waals surface area contributed by atoms with Gasteiger partial charge in [0.1, 0.15) is 5.52 Å². The molecule has 1 heterocycles. The Bertz CT molecular complexity index is 562. The number of aromatic carboxylic acids is 1. The van der Waals surface area contributed by atoms with Crippen LogP contribution >= 0.6 is 0 Å². The highest BCUT2D eigenvalue weighted by molar-refractivity contribution is 5.92. The van der Waals surface area contributed by atoms with Crippen molar-refractivity contribution in [3.63, 3.8) is 0 Å². The van der Waals surface area contributed by atoms with Crippen LogP contribution in [0.5, 0.6) is 0 Å². The van der Waals surface area contributed by atoms with Gasteiger partial charge in [0.05, 0.1) is 11.1 Å². The van der Waals surface area contributed by atoms with Gasteiger partial charge < -0.3 is 10.0 Å². The van der Waals surface area contributed by atoms with E-state index >= 15 is 0 Å². The molecular formula is C12H16N4O2. The molecule has 0 bridgehead atoms. The summed E-state index contributed by atoms with van der Waals surface area (Å²) in [5.74, 6) is -0.932. The third-order valence-corrected chi connectivity index (χ3v) is 2.74. The summed E-state index contributed by atoms with van der Waals surface area (Å²) >= 11 is 0. The predicted octanol–water partition coefficient (Wildman–Crippen LogP) is 1.08. The monoisotopic (exact) mass is 248 g/mol. The number of benzene rings is 1. The number of carboxylic acids is 1. The molecule has 6 nitrogen and oxygen atoms in total. The van der Waals surface area contributed by atoms with Crippen LogP contribution in [0.2, 0.25) is 0 Å². The van der Waals surface area contributed by atoms with Crippen molar-refractivity contribution in [2.75, 3.05) is 20.6 Å². The lowest BCUT2D eigenvalue weighted by Crippen LogP contribution is -2.15. The van der Waals surface area contributed by atoms with E-state index in [-0.39, 0.29) is 5.56 Å². The summed E-state index contributed by atoms with van der Waals surface area (Å²) in [5, 5.41) is 17.0. The average molecular weight is 248 g/mol. The highest BCUT2D eigenvalue weighted by Crippen LogP contribution is 2.14. The Labute approximate surface area is 105 Å². The lowest BCUT2D eigenvalue weighted by atomic mass is 10.2. The Morgan fingerprint density at radius 2 is 2.22 bits per heavy atom. The number of aryl methyl sites for hydroxylation is 1. The zero-order valence-corrected chi connectivity index (χ0v) is 10.5. The van der Waals surface area contributed by atoms with Crippen molar-refractivity contribution in [3.05, 3.63) is 23.8 Å². The largest absolute Gasteiger partial charge is 0.478 e. The zero-order valence-electron chi connectivity index (χ0n) is 10.5. The molecule has 0 radical (unpaired) electrons. The minimum absolute atomic E-state index is 0.263. The topological polar surface area (TPSA) is 71.2 Å². The van der Waals surface area contributed by atoms with Gasteiger partial charge in [-0.2, -0.15) is 0 Å². The van der Waals surface area contributed by atoms with Gasteiger partial charge in [-0.05, 0) is 45.3 Å². The normalized spacial score (nSPS) is 11.3. The number of hydrogen-bond acceptors (Lipinski definition) is 4. The lowest BCUT2D eigenvalue weighted by Gasteiger charge is -2.09. The molecule has 0 saturated carbocycles. The highest BCUT2D eigenvalue weighted by atomic mass is 16.4. The van der Waals surface area contributed by atoms with Crippen LogP contribution in [0, 0.1) is 0 Å². The predicted molar refractivity (Wildman–Crippen MR) is 67.7 cm³/mol. The van der Waals surface area contributed by atoms with Crippen LogP contribution in [0.15, 0.2) is 18.2 Å². The number of rotatable bonds is 5. The van der Waals surface area contributed by atoms with Gasteiger partial charge in [0.25, 0.3) is 0 Å². The molecule has 0 aliphatic rings. The molecule has 0 spiro atoms. The number of carboxylic acid groups (broad SMARTS) is 1. The van der Waals surface area contributed by atoms with Gasteiger partial charge in [-0.25, -0.2) is 9.48 Å². The van der Waals surface area contributed by atoms with Crippen molar-refractivity contribution in [2.24, 2.45) is 0 Å². The van der Waals surface area contributed by atoms with Crippen LogP contribution in [0.1, 0.15) is 16.8 Å². The van der Waals surface area contributed by atoms with E-state index in [1.165, 1.54) is 0 Å². The maximum Gasteiger partial charge on any atom is 0.335 e. The zero-order chi connectivity index (χ0) is 13.1. The van der Waals surface area contributed by atoms with Crippen LogP contribution in [0.4, 0.5) is 0 Å². The first-order chi connectivity index (χ1) is 8.58. The van der Waals surface area contributed by atoms with E-state index < -0.39 is 5.97 Å². The molecule has 0 aliphatic carbocycles. The van der Waals surface area contributed by atoms with Crippen molar-refractivity contribution in [1.82, 2.24) is 19.9 Å². The summed E-state index contributed by atoms with van der Waals surface area (Å²) in [6.07, 6.45) is 0.947. The van der Waals surface area contributed by atoms with Crippen LogP contribution < -0.4 is 0 Å². The first kappa shape index (κ1) is 12.5. The summed E-state index contributed by atoms with van der Waals surface area (Å²) in [7, 11) is 4.03. The van der Waals surface area contributed by atoms with E-state index in [4.69, 9.17) is 5.11 Å². The lowest BCUT2D eigenvalue weighted by molar-refractivity contribution is 0.0697. The number of hydrogen-bond donors (Lipinski definition) is 1. The van der Waals surface area contributed by atoms with Gasteiger partial charge in [-0.3, -0.25) is 0 Å². The van der Waals surface area contributed by atoms with E-state index in [0.29, 0.717) is 0 Å². The standard InChI is InChI=1S/C12H16N4O2/c1-15(2)6-3-7-16-11-8-9(12(17)18)4-5-10(11)13-14-16/h4-5,8H,3,6-7H2,1-2H3,(H,17,18). The molecule has 96 valence electrons. The fourth-order valence-corrected chi connectivity index (χ4v) is 1.80. The van der Waals surface area contributed by atoms with Gasteiger partial charge in [-0.15, -0.1) is 5.10 Å². The maximum atomic E-state index is 10.9. The molecule has 0 fully saturated rings. The fraction of sp³-hybridized carbons (Fsp3) is 0.417. The molecule has 1 N–H and O–H groups in total. The van der Waals surface area contributed by atoms with Crippen molar-refractivity contribution < 1.29 is 9.90 Å². The van der Waals surface area contributed by atoms with Gasteiger partial charge in [0.2, 0.25) is 0 Å². The summed E-state index contributed by atoms with van der Waals surface area (Å²) in [6.45, 7) is 1.69. The van der Waals surface area contributed by atoms with Gasteiger partial charge in [-0.1, -0.05) is 5.21 Å². The quantitative estimate of drug-likeness (QED) is 0.857. The summed E-state index contributed by atoms with van der Waals surface area (Å²) in [5.41, 5.74) is 1.76. The second-order valence-corrected chi connectivity index (χ2v) is 4.48. The van der Waals surface area contributed by atoms with Crippen LogP contribution in [0.25, 0.3) is 11.0 Å². The number of carbonyl (C=O) groups is 1. The summed E-state index contributed by atoms with van der Waals surface area (Å²) in [6, 6.07) is 4.85. The maximum absolute atomic E-state index is 10.9. The van der Waals surface area contributed by atoms with Crippen molar-refractivity contribution in [2.45, 2.75) is 13.0 Å². The number of aromatic nitrogens is 3. The molecular weight excluding hydrogens is 232 g/mol. The molecule has 0 amide bonds. The van der Waals surface area contributed by atoms with E-state index in [2.05, 4.69) is 15.2 Å².